The first kappa shape index (κ1) is 21.2. The van der Waals surface area contributed by atoms with E-state index in [0.29, 0.717) is 17.0 Å². The van der Waals surface area contributed by atoms with Crippen molar-refractivity contribution in [1.82, 2.24) is 10.3 Å². The molecule has 0 radical (unpaired) electrons. The second kappa shape index (κ2) is 9.20. The monoisotopic (exact) mass is 396 g/mol. The molecule has 0 saturated carbocycles. The number of nitrogens with zero attached hydrogens (tertiary/aromatic N) is 1. The number of carbonyl (C=O) groups excluding carboxylic acids is 2. The molecule has 1 atom stereocenters. The van der Waals surface area contributed by atoms with Gasteiger partial charge in [0.15, 0.2) is 0 Å². The zero-order valence-electron chi connectivity index (χ0n) is 15.2. The molecule has 150 valence electrons. The fourth-order valence-electron chi connectivity index (χ4n) is 2.56. The summed E-state index contributed by atoms with van der Waals surface area (Å²) in [4.78, 5) is 28.3. The third-order valence-electron chi connectivity index (χ3n) is 3.93. The van der Waals surface area contributed by atoms with E-state index in [4.69, 9.17) is 9.47 Å². The van der Waals surface area contributed by atoms with Crippen LogP contribution in [0.15, 0.2) is 42.6 Å². The highest BCUT2D eigenvalue weighted by atomic mass is 19.4. The molecule has 0 aliphatic heterocycles. The number of aromatic nitrogens is 1. The van der Waals surface area contributed by atoms with Crippen molar-refractivity contribution in [2.75, 3.05) is 14.2 Å². The van der Waals surface area contributed by atoms with Gasteiger partial charge in [0.25, 0.3) is 0 Å². The van der Waals surface area contributed by atoms with Crippen LogP contribution >= 0.6 is 0 Å². The second-order valence-electron chi connectivity index (χ2n) is 5.89. The molecule has 0 aliphatic carbocycles. The zero-order valence-corrected chi connectivity index (χ0v) is 15.2. The van der Waals surface area contributed by atoms with Gasteiger partial charge in [0.1, 0.15) is 6.04 Å². The molecule has 2 aromatic rings. The molecular formula is C19H19F3N2O4. The summed E-state index contributed by atoms with van der Waals surface area (Å²) in [5.74, 6) is -0.877. The van der Waals surface area contributed by atoms with E-state index in [1.54, 1.807) is 12.1 Å². The Morgan fingerprint density at radius 1 is 1.14 bits per heavy atom. The number of benzene rings is 1. The Balaban J connectivity index is 2.07. The largest absolute Gasteiger partial charge is 0.481 e. The minimum absolute atomic E-state index is 0.0858. The van der Waals surface area contributed by atoms with E-state index in [0.717, 1.165) is 12.1 Å². The molecular weight excluding hydrogens is 377 g/mol. The van der Waals surface area contributed by atoms with Gasteiger partial charge in [0, 0.05) is 18.2 Å². The molecule has 28 heavy (non-hydrogen) atoms. The average molecular weight is 396 g/mol. The van der Waals surface area contributed by atoms with Crippen LogP contribution in [-0.4, -0.2) is 37.1 Å². The van der Waals surface area contributed by atoms with E-state index in [1.807, 2.05) is 0 Å². The van der Waals surface area contributed by atoms with E-state index in [2.05, 4.69) is 10.3 Å². The number of ether oxygens (including phenoxy) is 2. The van der Waals surface area contributed by atoms with E-state index in [-0.39, 0.29) is 12.8 Å². The number of halogens is 3. The Hall–Kier alpha value is -3.10. The highest BCUT2D eigenvalue weighted by Gasteiger charge is 2.30. The molecule has 0 fully saturated rings. The molecule has 0 unspecified atom stereocenters. The summed E-state index contributed by atoms with van der Waals surface area (Å²) >= 11 is 0. The van der Waals surface area contributed by atoms with Crippen LogP contribution in [-0.2, 0) is 33.3 Å². The number of pyridine rings is 1. The molecule has 0 saturated heterocycles. The van der Waals surface area contributed by atoms with Gasteiger partial charge in [-0.3, -0.25) is 4.79 Å². The third-order valence-corrected chi connectivity index (χ3v) is 3.93. The minimum atomic E-state index is -4.44. The van der Waals surface area contributed by atoms with Gasteiger partial charge in [0.05, 0.1) is 26.2 Å². The number of esters is 1. The number of carbonyl (C=O) groups is 2. The highest BCUT2D eigenvalue weighted by molar-refractivity contribution is 5.85. The zero-order chi connectivity index (χ0) is 20.7. The summed E-state index contributed by atoms with van der Waals surface area (Å²) in [6.07, 6.45) is -3.02. The summed E-state index contributed by atoms with van der Waals surface area (Å²) < 4.78 is 47.7. The van der Waals surface area contributed by atoms with Crippen LogP contribution in [0.3, 0.4) is 0 Å². The maximum atomic E-state index is 12.6. The Morgan fingerprint density at radius 2 is 1.82 bits per heavy atom. The molecule has 9 heteroatoms. The Labute approximate surface area is 159 Å². The lowest BCUT2D eigenvalue weighted by Gasteiger charge is -2.17. The van der Waals surface area contributed by atoms with Crippen LogP contribution in [0.4, 0.5) is 13.2 Å². The Bertz CT molecular complexity index is 823. The van der Waals surface area contributed by atoms with Crippen LogP contribution < -0.4 is 10.1 Å². The van der Waals surface area contributed by atoms with Crippen molar-refractivity contribution in [1.29, 1.82) is 0 Å². The van der Waals surface area contributed by atoms with Crippen LogP contribution in [0.25, 0.3) is 0 Å². The predicted octanol–water partition coefficient (Wildman–Crippen LogP) is 2.55. The summed E-state index contributed by atoms with van der Waals surface area (Å²) in [5.41, 5.74) is 0.177. The minimum Gasteiger partial charge on any atom is -0.481 e. The molecule has 1 amide bonds. The van der Waals surface area contributed by atoms with E-state index in [1.165, 1.54) is 32.5 Å². The number of hydrogen-bond donors (Lipinski definition) is 1. The predicted molar refractivity (Wildman–Crippen MR) is 93.6 cm³/mol. The smallest absolute Gasteiger partial charge is 0.416 e. The normalized spacial score (nSPS) is 12.2. The van der Waals surface area contributed by atoms with Gasteiger partial charge < -0.3 is 14.8 Å². The second-order valence-corrected chi connectivity index (χ2v) is 5.89. The first-order valence-electron chi connectivity index (χ1n) is 8.25. The highest BCUT2D eigenvalue weighted by Crippen LogP contribution is 2.29. The van der Waals surface area contributed by atoms with Gasteiger partial charge in [-0.15, -0.1) is 0 Å². The van der Waals surface area contributed by atoms with Crippen LogP contribution in [0.2, 0.25) is 0 Å². The maximum Gasteiger partial charge on any atom is 0.416 e. The fourth-order valence-corrected chi connectivity index (χ4v) is 2.56. The van der Waals surface area contributed by atoms with Crippen molar-refractivity contribution >= 4 is 11.9 Å². The molecule has 1 N–H and O–H groups in total. The summed E-state index contributed by atoms with van der Waals surface area (Å²) in [6.45, 7) is 0. The number of hydrogen-bond acceptors (Lipinski definition) is 5. The van der Waals surface area contributed by atoms with Crippen molar-refractivity contribution in [3.8, 4) is 5.88 Å². The van der Waals surface area contributed by atoms with E-state index < -0.39 is 29.7 Å². The summed E-state index contributed by atoms with van der Waals surface area (Å²) in [7, 11) is 2.62. The van der Waals surface area contributed by atoms with Gasteiger partial charge in [-0.2, -0.15) is 13.2 Å². The first-order chi connectivity index (χ1) is 13.2. The molecule has 0 aliphatic rings. The van der Waals surface area contributed by atoms with E-state index in [9.17, 15) is 22.8 Å². The van der Waals surface area contributed by atoms with Gasteiger partial charge in [-0.1, -0.05) is 18.2 Å². The standard InChI is InChI=1S/C19H19F3N2O4/c1-27-17-13(4-3-9-23-17)11-15(18(26)28-2)24-16(25)10-12-5-7-14(8-6-12)19(20,21)22/h3-9,15H,10-11H2,1-2H3,(H,24,25)/t15-/m0/s1. The summed E-state index contributed by atoms with van der Waals surface area (Å²) in [5, 5.41) is 2.54. The van der Waals surface area contributed by atoms with Crippen LogP contribution in [0.5, 0.6) is 5.88 Å². The molecule has 1 aromatic heterocycles. The first-order valence-corrected chi connectivity index (χ1v) is 8.25. The Kier molecular flexibility index (Phi) is 6.97. The van der Waals surface area contributed by atoms with Crippen molar-refractivity contribution in [3.63, 3.8) is 0 Å². The number of amides is 1. The molecule has 0 bridgehead atoms. The van der Waals surface area contributed by atoms with Crippen LogP contribution in [0.1, 0.15) is 16.7 Å². The number of alkyl halides is 3. The average Bonchev–Trinajstić information content (AvgIpc) is 2.67. The Morgan fingerprint density at radius 3 is 2.39 bits per heavy atom. The topological polar surface area (TPSA) is 77.5 Å². The quantitative estimate of drug-likeness (QED) is 0.728. The fraction of sp³-hybridized carbons (Fsp3) is 0.316. The summed E-state index contributed by atoms with van der Waals surface area (Å²) in [6, 6.07) is 6.62. The van der Waals surface area contributed by atoms with Gasteiger partial charge in [-0.25, -0.2) is 9.78 Å². The lowest BCUT2D eigenvalue weighted by Crippen LogP contribution is -2.43. The number of nitrogens with one attached hydrogen (secondary N) is 1. The molecule has 1 heterocycles. The molecule has 0 spiro atoms. The maximum absolute atomic E-state index is 12.6. The van der Waals surface area contributed by atoms with Crippen molar-refractivity contribution in [2.45, 2.75) is 25.1 Å². The lowest BCUT2D eigenvalue weighted by molar-refractivity contribution is -0.145. The van der Waals surface area contributed by atoms with Crippen molar-refractivity contribution < 1.29 is 32.2 Å². The van der Waals surface area contributed by atoms with Gasteiger partial charge >= 0.3 is 12.1 Å². The molecule has 2 rings (SSSR count). The molecule has 1 aromatic carbocycles. The number of rotatable bonds is 7. The molecule has 6 nitrogen and oxygen atoms in total. The van der Waals surface area contributed by atoms with Gasteiger partial charge in [0.2, 0.25) is 11.8 Å². The van der Waals surface area contributed by atoms with Gasteiger partial charge in [-0.05, 0) is 23.8 Å². The number of methoxy groups -OCH3 is 2. The lowest BCUT2D eigenvalue weighted by atomic mass is 10.1. The van der Waals surface area contributed by atoms with E-state index >= 15 is 0 Å². The van der Waals surface area contributed by atoms with Crippen molar-refractivity contribution in [2.24, 2.45) is 0 Å². The van der Waals surface area contributed by atoms with Crippen molar-refractivity contribution in [3.05, 3.63) is 59.3 Å². The van der Waals surface area contributed by atoms with Crippen LogP contribution in [0, 0.1) is 0 Å². The third kappa shape index (κ3) is 5.70. The SMILES string of the molecule is COC(=O)[C@H](Cc1cccnc1OC)NC(=O)Cc1ccc(C(F)(F)F)cc1.